The van der Waals surface area contributed by atoms with Crippen LogP contribution >= 0.6 is 23.1 Å². The van der Waals surface area contributed by atoms with Gasteiger partial charge in [-0.3, -0.25) is 0 Å². The number of nitrogens with zero attached hydrogens (tertiary/aromatic N) is 1. The van der Waals surface area contributed by atoms with Gasteiger partial charge in [0, 0.05) is 23.9 Å². The molecule has 0 bridgehead atoms. The molecular formula is C6H10N2S2. The first-order chi connectivity index (χ1) is 4.93. The molecule has 0 radical (unpaired) electrons. The maximum Gasteiger partial charge on any atom is 0.182 e. The Hall–Kier alpha value is -0.220. The van der Waals surface area contributed by atoms with Crippen molar-refractivity contribution in [1.82, 2.24) is 4.98 Å². The smallest absolute Gasteiger partial charge is 0.182 e. The number of rotatable bonds is 4. The fourth-order valence-electron chi connectivity index (χ4n) is 0.571. The van der Waals surface area contributed by atoms with Gasteiger partial charge in [-0.15, -0.1) is 11.3 Å². The monoisotopic (exact) mass is 174 g/mol. The first kappa shape index (κ1) is 7.88. The van der Waals surface area contributed by atoms with Gasteiger partial charge in [0.15, 0.2) is 5.13 Å². The van der Waals surface area contributed by atoms with E-state index in [0.29, 0.717) is 0 Å². The number of thioether (sulfide) groups is 1. The van der Waals surface area contributed by atoms with E-state index in [1.165, 1.54) is 0 Å². The standard InChI is InChI=1S/C6H10N2S2/c1-9-4-2-7-6-8-3-5-10-6/h3,5H,2,4H2,1H3,(H,7,8). The van der Waals surface area contributed by atoms with Crippen LogP contribution in [0, 0.1) is 0 Å². The number of hydrogen-bond donors (Lipinski definition) is 1. The van der Waals surface area contributed by atoms with E-state index in [9.17, 15) is 0 Å². The first-order valence-corrected chi connectivity index (χ1v) is 5.33. The minimum atomic E-state index is 1.01. The van der Waals surface area contributed by atoms with Crippen molar-refractivity contribution in [3.05, 3.63) is 11.6 Å². The predicted octanol–water partition coefficient (Wildman–Crippen LogP) is 1.92. The van der Waals surface area contributed by atoms with Crippen LogP contribution < -0.4 is 5.32 Å². The molecule has 0 fully saturated rings. The highest BCUT2D eigenvalue weighted by Crippen LogP contribution is 2.09. The summed E-state index contributed by atoms with van der Waals surface area (Å²) in [5, 5.41) is 6.21. The molecule has 1 heterocycles. The summed E-state index contributed by atoms with van der Waals surface area (Å²) < 4.78 is 0. The Morgan fingerprint density at radius 3 is 3.30 bits per heavy atom. The van der Waals surface area contributed by atoms with E-state index in [2.05, 4.69) is 16.6 Å². The Balaban J connectivity index is 2.15. The summed E-state index contributed by atoms with van der Waals surface area (Å²) in [5.74, 6) is 1.14. The Bertz CT molecular complexity index is 162. The molecule has 1 aromatic heterocycles. The third kappa shape index (κ3) is 2.58. The second-order valence-electron chi connectivity index (χ2n) is 1.76. The lowest BCUT2D eigenvalue weighted by molar-refractivity contribution is 1.21. The van der Waals surface area contributed by atoms with Crippen molar-refractivity contribution in [2.24, 2.45) is 0 Å². The zero-order chi connectivity index (χ0) is 7.23. The number of aromatic nitrogens is 1. The van der Waals surface area contributed by atoms with Crippen LogP contribution in [-0.2, 0) is 0 Å². The number of hydrogen-bond acceptors (Lipinski definition) is 4. The summed E-state index contributed by atoms with van der Waals surface area (Å²) >= 11 is 3.48. The second-order valence-corrected chi connectivity index (χ2v) is 3.64. The van der Waals surface area contributed by atoms with Gasteiger partial charge in [-0.05, 0) is 6.26 Å². The fourth-order valence-corrected chi connectivity index (χ4v) is 1.43. The molecule has 1 N–H and O–H groups in total. The molecule has 0 aromatic carbocycles. The molecule has 4 heteroatoms. The quantitative estimate of drug-likeness (QED) is 0.706. The molecule has 0 amide bonds. The lowest BCUT2D eigenvalue weighted by Gasteiger charge is -1.97. The second kappa shape index (κ2) is 4.57. The maximum atomic E-state index is 4.09. The molecule has 2 nitrogen and oxygen atoms in total. The molecule has 0 aliphatic heterocycles. The van der Waals surface area contributed by atoms with Crippen molar-refractivity contribution < 1.29 is 0 Å². The average Bonchev–Trinajstić information content (AvgIpc) is 2.41. The SMILES string of the molecule is CSCCNc1nccs1. The lowest BCUT2D eigenvalue weighted by Crippen LogP contribution is -2.02. The molecular weight excluding hydrogens is 164 g/mol. The molecule has 56 valence electrons. The van der Waals surface area contributed by atoms with Crippen molar-refractivity contribution in [3.63, 3.8) is 0 Å². The van der Waals surface area contributed by atoms with Crippen LogP contribution in [0.3, 0.4) is 0 Å². The maximum absolute atomic E-state index is 4.09. The Kier molecular flexibility index (Phi) is 3.60. The van der Waals surface area contributed by atoms with Crippen LogP contribution in [0.1, 0.15) is 0 Å². The summed E-state index contributed by atoms with van der Waals surface area (Å²) in [7, 11) is 0. The molecule has 1 rings (SSSR count). The summed E-state index contributed by atoms with van der Waals surface area (Å²) in [6.45, 7) is 1.01. The van der Waals surface area contributed by atoms with Crippen LogP contribution in [-0.4, -0.2) is 23.5 Å². The molecule has 10 heavy (non-hydrogen) atoms. The van der Waals surface area contributed by atoms with E-state index in [-0.39, 0.29) is 0 Å². The third-order valence-electron chi connectivity index (χ3n) is 1.01. The van der Waals surface area contributed by atoms with E-state index in [1.54, 1.807) is 11.3 Å². The summed E-state index contributed by atoms with van der Waals surface area (Å²) in [6.07, 6.45) is 3.91. The van der Waals surface area contributed by atoms with Crippen molar-refractivity contribution in [3.8, 4) is 0 Å². The Labute approximate surface area is 69.1 Å². The average molecular weight is 174 g/mol. The highest BCUT2D eigenvalue weighted by Gasteiger charge is 1.90. The Morgan fingerprint density at radius 1 is 1.80 bits per heavy atom. The van der Waals surface area contributed by atoms with E-state index in [0.717, 1.165) is 17.4 Å². The van der Waals surface area contributed by atoms with Gasteiger partial charge >= 0.3 is 0 Å². The van der Waals surface area contributed by atoms with Crippen LogP contribution in [0.25, 0.3) is 0 Å². The third-order valence-corrected chi connectivity index (χ3v) is 2.36. The van der Waals surface area contributed by atoms with Gasteiger partial charge in [0.1, 0.15) is 0 Å². The van der Waals surface area contributed by atoms with E-state index in [4.69, 9.17) is 0 Å². The lowest BCUT2D eigenvalue weighted by atomic mass is 10.7. The van der Waals surface area contributed by atoms with E-state index >= 15 is 0 Å². The minimum Gasteiger partial charge on any atom is -0.361 e. The van der Waals surface area contributed by atoms with Gasteiger partial charge in [0.2, 0.25) is 0 Å². The van der Waals surface area contributed by atoms with Gasteiger partial charge in [0.25, 0.3) is 0 Å². The largest absolute Gasteiger partial charge is 0.361 e. The molecule has 0 unspecified atom stereocenters. The summed E-state index contributed by atoms with van der Waals surface area (Å²) in [6, 6.07) is 0. The van der Waals surface area contributed by atoms with Gasteiger partial charge < -0.3 is 5.32 Å². The number of anilines is 1. The molecule has 0 saturated heterocycles. The van der Waals surface area contributed by atoms with Crippen LogP contribution in [0.15, 0.2) is 11.6 Å². The van der Waals surface area contributed by atoms with Crippen LogP contribution in [0.2, 0.25) is 0 Å². The minimum absolute atomic E-state index is 1.01. The van der Waals surface area contributed by atoms with Crippen LogP contribution in [0.4, 0.5) is 5.13 Å². The topological polar surface area (TPSA) is 24.9 Å². The van der Waals surface area contributed by atoms with Gasteiger partial charge in [-0.2, -0.15) is 11.8 Å². The predicted molar refractivity (Wildman–Crippen MR) is 49.0 cm³/mol. The first-order valence-electron chi connectivity index (χ1n) is 3.06. The highest BCUT2D eigenvalue weighted by atomic mass is 32.2. The Morgan fingerprint density at radius 2 is 2.70 bits per heavy atom. The van der Waals surface area contributed by atoms with Crippen molar-refractivity contribution in [2.45, 2.75) is 0 Å². The molecule has 0 spiro atoms. The molecule has 0 aliphatic rings. The van der Waals surface area contributed by atoms with Crippen molar-refractivity contribution in [2.75, 3.05) is 23.9 Å². The highest BCUT2D eigenvalue weighted by molar-refractivity contribution is 7.98. The molecule has 0 atom stereocenters. The zero-order valence-electron chi connectivity index (χ0n) is 5.83. The van der Waals surface area contributed by atoms with Crippen molar-refractivity contribution >= 4 is 28.2 Å². The normalized spacial score (nSPS) is 9.70. The van der Waals surface area contributed by atoms with E-state index < -0.39 is 0 Å². The molecule has 1 aromatic rings. The van der Waals surface area contributed by atoms with Crippen molar-refractivity contribution in [1.29, 1.82) is 0 Å². The van der Waals surface area contributed by atoms with Gasteiger partial charge in [-0.25, -0.2) is 4.98 Å². The number of thiazole rings is 1. The van der Waals surface area contributed by atoms with Gasteiger partial charge in [0.05, 0.1) is 0 Å². The summed E-state index contributed by atoms with van der Waals surface area (Å²) in [4.78, 5) is 4.09. The molecule has 0 aliphatic carbocycles. The van der Waals surface area contributed by atoms with Crippen LogP contribution in [0.5, 0.6) is 0 Å². The van der Waals surface area contributed by atoms with E-state index in [1.807, 2.05) is 23.3 Å². The summed E-state index contributed by atoms with van der Waals surface area (Å²) in [5.41, 5.74) is 0. The number of nitrogens with one attached hydrogen (secondary N) is 1. The fraction of sp³-hybridized carbons (Fsp3) is 0.500. The molecule has 0 saturated carbocycles. The zero-order valence-corrected chi connectivity index (χ0v) is 7.47. The van der Waals surface area contributed by atoms with Gasteiger partial charge in [-0.1, -0.05) is 0 Å².